The van der Waals surface area contributed by atoms with E-state index >= 15 is 0 Å². The third-order valence-corrected chi connectivity index (χ3v) is 4.78. The molecular weight excluding hydrogens is 345 g/mol. The van der Waals surface area contributed by atoms with Gasteiger partial charge in [-0.05, 0) is 36.8 Å². The summed E-state index contributed by atoms with van der Waals surface area (Å²) in [6.45, 7) is 2.83. The van der Waals surface area contributed by atoms with Crippen LogP contribution in [0.1, 0.15) is 22.8 Å². The van der Waals surface area contributed by atoms with Gasteiger partial charge in [-0.25, -0.2) is 9.18 Å². The minimum atomic E-state index is -1.32. The maximum atomic E-state index is 13.5. The Morgan fingerprint density at radius 2 is 1.92 bits per heavy atom. The van der Waals surface area contributed by atoms with E-state index in [1.807, 2.05) is 0 Å². The molecule has 1 atom stereocenters. The first-order valence-corrected chi connectivity index (χ1v) is 8.94. The number of anilines is 1. The van der Waals surface area contributed by atoms with Gasteiger partial charge in [-0.1, -0.05) is 25.1 Å². The summed E-state index contributed by atoms with van der Waals surface area (Å²) in [5.41, 5.74) is 0.901. The highest BCUT2D eigenvalue weighted by Crippen LogP contribution is 2.16. The Morgan fingerprint density at radius 3 is 2.60 bits per heavy atom. The topological polar surface area (TPSA) is 72.5 Å². The van der Waals surface area contributed by atoms with Gasteiger partial charge in [0.1, 0.15) is 5.82 Å². The molecule has 0 aliphatic heterocycles. The van der Waals surface area contributed by atoms with Crippen molar-refractivity contribution >= 4 is 28.4 Å². The van der Waals surface area contributed by atoms with Crippen molar-refractivity contribution in [3.05, 3.63) is 59.4 Å². The molecule has 0 aromatic heterocycles. The molecule has 0 spiro atoms. The lowest BCUT2D eigenvalue weighted by Crippen LogP contribution is -2.21. The molecule has 0 saturated carbocycles. The van der Waals surface area contributed by atoms with Crippen LogP contribution in [0.2, 0.25) is 0 Å². The summed E-state index contributed by atoms with van der Waals surface area (Å²) in [5, 5.41) is 2.45. The number of esters is 1. The summed E-state index contributed by atoms with van der Waals surface area (Å²) < 4.78 is 30.4. The number of nitrogens with one attached hydrogen (secondary N) is 1. The van der Waals surface area contributed by atoms with Gasteiger partial charge in [0.2, 0.25) is 0 Å². The summed E-state index contributed by atoms with van der Waals surface area (Å²) in [6.07, 6.45) is 0. The van der Waals surface area contributed by atoms with Crippen LogP contribution in [0.15, 0.2) is 47.4 Å². The van der Waals surface area contributed by atoms with Crippen LogP contribution in [0.5, 0.6) is 0 Å². The summed E-state index contributed by atoms with van der Waals surface area (Å²) in [5.74, 6) is -1.40. The quantitative estimate of drug-likeness (QED) is 0.801. The van der Waals surface area contributed by atoms with Gasteiger partial charge in [-0.15, -0.1) is 0 Å². The van der Waals surface area contributed by atoms with E-state index in [9.17, 15) is 18.2 Å². The summed E-state index contributed by atoms with van der Waals surface area (Å²) in [4.78, 5) is 24.4. The molecule has 0 bridgehead atoms. The fourth-order valence-electron chi connectivity index (χ4n) is 2.07. The molecule has 0 saturated heterocycles. The molecule has 1 amide bonds. The zero-order valence-corrected chi connectivity index (χ0v) is 14.7. The van der Waals surface area contributed by atoms with E-state index in [1.165, 1.54) is 18.2 Å². The number of aryl methyl sites for hydroxylation is 1. The van der Waals surface area contributed by atoms with Gasteiger partial charge >= 0.3 is 5.97 Å². The predicted molar refractivity (Wildman–Crippen MR) is 93.4 cm³/mol. The fourth-order valence-corrected chi connectivity index (χ4v) is 3.00. The van der Waals surface area contributed by atoms with E-state index in [1.54, 1.807) is 38.1 Å². The highest BCUT2D eigenvalue weighted by Gasteiger charge is 2.17. The van der Waals surface area contributed by atoms with Gasteiger partial charge in [-0.3, -0.25) is 9.00 Å². The zero-order chi connectivity index (χ0) is 18.4. The number of ether oxygens (including phenoxy) is 1. The van der Waals surface area contributed by atoms with Crippen LogP contribution < -0.4 is 5.32 Å². The van der Waals surface area contributed by atoms with Gasteiger partial charge in [0.15, 0.2) is 6.61 Å². The predicted octanol–water partition coefficient (Wildman–Crippen LogP) is 3.06. The molecule has 25 heavy (non-hydrogen) atoms. The molecule has 0 aliphatic carbocycles. The average molecular weight is 363 g/mol. The highest BCUT2D eigenvalue weighted by atomic mass is 32.2. The van der Waals surface area contributed by atoms with Crippen molar-refractivity contribution in [2.45, 2.75) is 18.7 Å². The van der Waals surface area contributed by atoms with E-state index in [0.29, 0.717) is 16.2 Å². The third kappa shape index (κ3) is 4.96. The van der Waals surface area contributed by atoms with Crippen LogP contribution in [0.4, 0.5) is 10.1 Å². The maximum Gasteiger partial charge on any atom is 0.339 e. The van der Waals surface area contributed by atoms with Crippen LogP contribution in [-0.2, 0) is 20.3 Å². The van der Waals surface area contributed by atoms with Crippen molar-refractivity contribution in [2.75, 3.05) is 17.7 Å². The number of hydrogen-bond donors (Lipinski definition) is 1. The Hall–Kier alpha value is -2.54. The lowest BCUT2D eigenvalue weighted by molar-refractivity contribution is -0.119. The number of rotatable bonds is 6. The Labute approximate surface area is 147 Å². The number of hydrogen-bond acceptors (Lipinski definition) is 4. The second-order valence-corrected chi connectivity index (χ2v) is 6.93. The van der Waals surface area contributed by atoms with Crippen molar-refractivity contribution in [3.8, 4) is 0 Å². The van der Waals surface area contributed by atoms with Crippen LogP contribution >= 0.6 is 0 Å². The number of carbonyl (C=O) groups excluding carboxylic acids is 2. The Balaban J connectivity index is 1.99. The summed E-state index contributed by atoms with van der Waals surface area (Å²) in [7, 11) is -1.32. The van der Waals surface area contributed by atoms with Gasteiger partial charge in [0.25, 0.3) is 5.91 Å². The van der Waals surface area contributed by atoms with E-state index in [-0.39, 0.29) is 11.3 Å². The van der Waals surface area contributed by atoms with E-state index < -0.39 is 35.1 Å². The zero-order valence-electron chi connectivity index (χ0n) is 13.9. The number of benzene rings is 2. The molecule has 2 rings (SSSR count). The molecule has 1 N–H and O–H groups in total. The molecule has 132 valence electrons. The maximum absolute atomic E-state index is 13.5. The minimum absolute atomic E-state index is 0.164. The molecule has 2 aromatic carbocycles. The largest absolute Gasteiger partial charge is 0.452 e. The lowest BCUT2D eigenvalue weighted by Gasteiger charge is -2.09. The molecule has 0 heterocycles. The van der Waals surface area contributed by atoms with Gasteiger partial charge in [0.05, 0.1) is 21.3 Å². The molecular formula is C18H18FNO4S. The number of amides is 1. The van der Waals surface area contributed by atoms with Crippen LogP contribution in [0.3, 0.4) is 0 Å². The highest BCUT2D eigenvalue weighted by molar-refractivity contribution is 7.85. The van der Waals surface area contributed by atoms with Crippen LogP contribution in [0, 0.1) is 12.7 Å². The standard InChI is InChI=1S/C18H18FNO4S/c1-3-25(23)16-7-5-4-6-14(16)18(22)24-11-17(21)20-13-9-8-12(2)15(19)10-13/h4-10H,3,11H2,1-2H3,(H,20,21)/t25-/m0/s1. The van der Waals surface area contributed by atoms with Crippen molar-refractivity contribution < 1.29 is 22.9 Å². The smallest absolute Gasteiger partial charge is 0.339 e. The molecule has 2 aromatic rings. The van der Waals surface area contributed by atoms with Gasteiger partial charge < -0.3 is 10.1 Å². The normalized spacial score (nSPS) is 11.6. The molecule has 5 nitrogen and oxygen atoms in total. The van der Waals surface area contributed by atoms with Gasteiger partial charge in [-0.2, -0.15) is 0 Å². The van der Waals surface area contributed by atoms with E-state index in [4.69, 9.17) is 4.74 Å². The molecule has 0 fully saturated rings. The fraction of sp³-hybridized carbons (Fsp3) is 0.222. The molecule has 0 unspecified atom stereocenters. The third-order valence-electron chi connectivity index (χ3n) is 3.40. The lowest BCUT2D eigenvalue weighted by atomic mass is 10.2. The average Bonchev–Trinajstić information content (AvgIpc) is 2.62. The Bertz CT molecular complexity index is 822. The number of halogens is 1. The van der Waals surface area contributed by atoms with Crippen LogP contribution in [0.25, 0.3) is 0 Å². The summed E-state index contributed by atoms with van der Waals surface area (Å²) >= 11 is 0. The first-order valence-electron chi connectivity index (χ1n) is 7.63. The van der Waals surface area contributed by atoms with Gasteiger partial charge in [0, 0.05) is 11.4 Å². The molecule has 0 radical (unpaired) electrons. The minimum Gasteiger partial charge on any atom is -0.452 e. The Morgan fingerprint density at radius 1 is 1.20 bits per heavy atom. The van der Waals surface area contributed by atoms with Crippen molar-refractivity contribution in [1.82, 2.24) is 0 Å². The summed E-state index contributed by atoms with van der Waals surface area (Å²) in [6, 6.07) is 10.7. The number of carbonyl (C=O) groups is 2. The monoisotopic (exact) mass is 363 g/mol. The second kappa shape index (κ2) is 8.53. The first kappa shape index (κ1) is 18.8. The first-order chi connectivity index (χ1) is 11.9. The van der Waals surface area contributed by atoms with E-state index in [0.717, 1.165) is 0 Å². The SMILES string of the molecule is CC[S@](=O)c1ccccc1C(=O)OCC(=O)Nc1ccc(C)c(F)c1. The molecule has 0 aliphatic rings. The van der Waals surface area contributed by atoms with Crippen molar-refractivity contribution in [2.24, 2.45) is 0 Å². The Kier molecular flexibility index (Phi) is 6.41. The van der Waals surface area contributed by atoms with Crippen molar-refractivity contribution in [3.63, 3.8) is 0 Å². The van der Waals surface area contributed by atoms with E-state index in [2.05, 4.69) is 5.32 Å². The molecule has 7 heteroatoms. The van der Waals surface area contributed by atoms with Crippen LogP contribution in [-0.4, -0.2) is 28.4 Å². The van der Waals surface area contributed by atoms with Crippen molar-refractivity contribution in [1.29, 1.82) is 0 Å². The second-order valence-electron chi connectivity index (χ2n) is 5.22.